The van der Waals surface area contributed by atoms with E-state index in [1.807, 2.05) is 0 Å². The molecule has 1 aromatic rings. The average molecular weight is 354 g/mol. The average Bonchev–Trinajstić information content (AvgIpc) is 2.59. The predicted octanol–water partition coefficient (Wildman–Crippen LogP) is 2.38. The summed E-state index contributed by atoms with van der Waals surface area (Å²) in [7, 11) is 1.72. The molecule has 2 N–H and O–H groups in total. The fourth-order valence-corrected chi connectivity index (χ4v) is 2.87. The lowest BCUT2D eigenvalue weighted by molar-refractivity contribution is 0.167. The zero-order chi connectivity index (χ0) is 18.2. The lowest BCUT2D eigenvalue weighted by Crippen LogP contribution is -2.50. The summed E-state index contributed by atoms with van der Waals surface area (Å²) in [6.45, 7) is 7.34. The minimum atomic E-state index is -0.695. The molecular weight excluding hydrogens is 326 g/mol. The van der Waals surface area contributed by atoms with Crippen molar-refractivity contribution < 1.29 is 13.5 Å². The Labute approximate surface area is 148 Å². The molecule has 0 amide bonds. The van der Waals surface area contributed by atoms with Crippen molar-refractivity contribution in [1.29, 1.82) is 0 Å². The maximum Gasteiger partial charge on any atom is 0.191 e. The van der Waals surface area contributed by atoms with Crippen LogP contribution >= 0.6 is 0 Å². The van der Waals surface area contributed by atoms with E-state index in [0.717, 1.165) is 32.0 Å². The topological polar surface area (TPSA) is 48.9 Å². The van der Waals surface area contributed by atoms with Gasteiger partial charge in [0.05, 0.1) is 6.54 Å². The molecule has 0 aromatic heterocycles. The van der Waals surface area contributed by atoms with Crippen LogP contribution in [0.2, 0.25) is 0 Å². The van der Waals surface area contributed by atoms with Crippen molar-refractivity contribution in [2.45, 2.75) is 38.8 Å². The second-order valence-electron chi connectivity index (χ2n) is 6.47. The van der Waals surface area contributed by atoms with Crippen molar-refractivity contribution in [3.05, 3.63) is 29.8 Å². The molecule has 0 spiro atoms. The minimum Gasteiger partial charge on any atom is -0.489 e. The van der Waals surface area contributed by atoms with Gasteiger partial charge in [-0.25, -0.2) is 8.78 Å². The van der Waals surface area contributed by atoms with Crippen molar-refractivity contribution in [3.8, 4) is 5.75 Å². The number of aliphatic imine (C=N–C) groups is 1. The quantitative estimate of drug-likeness (QED) is 0.468. The molecule has 140 valence electrons. The van der Waals surface area contributed by atoms with Gasteiger partial charge in [0.15, 0.2) is 17.5 Å². The summed E-state index contributed by atoms with van der Waals surface area (Å²) in [6, 6.07) is 4.27. The Morgan fingerprint density at radius 2 is 2.04 bits per heavy atom. The molecule has 1 aliphatic rings. The van der Waals surface area contributed by atoms with Crippen LogP contribution in [0.3, 0.4) is 0 Å². The summed E-state index contributed by atoms with van der Waals surface area (Å²) in [4.78, 5) is 6.68. The molecule has 7 heteroatoms. The predicted molar refractivity (Wildman–Crippen MR) is 96.1 cm³/mol. The number of piperidine rings is 1. The van der Waals surface area contributed by atoms with Gasteiger partial charge in [0, 0.05) is 38.3 Å². The number of ether oxygens (including phenoxy) is 1. The summed E-state index contributed by atoms with van der Waals surface area (Å²) >= 11 is 0. The highest BCUT2D eigenvalue weighted by atomic mass is 19.1. The van der Waals surface area contributed by atoms with Crippen molar-refractivity contribution in [1.82, 2.24) is 15.5 Å². The molecule has 25 heavy (non-hydrogen) atoms. The molecule has 1 fully saturated rings. The number of benzene rings is 1. The number of hydrogen-bond donors (Lipinski definition) is 2. The zero-order valence-electron chi connectivity index (χ0n) is 15.2. The highest BCUT2D eigenvalue weighted by Gasteiger charge is 2.21. The number of nitrogens with one attached hydrogen (secondary N) is 2. The molecule has 0 radical (unpaired) electrons. The van der Waals surface area contributed by atoms with Gasteiger partial charge in [0.25, 0.3) is 0 Å². The van der Waals surface area contributed by atoms with Crippen LogP contribution in [0.5, 0.6) is 5.75 Å². The first-order chi connectivity index (χ1) is 12.0. The van der Waals surface area contributed by atoms with Crippen LogP contribution in [0.4, 0.5) is 8.78 Å². The van der Waals surface area contributed by atoms with Gasteiger partial charge < -0.3 is 20.3 Å². The largest absolute Gasteiger partial charge is 0.489 e. The monoisotopic (exact) mass is 354 g/mol. The molecule has 5 nitrogen and oxygen atoms in total. The molecule has 1 aromatic carbocycles. The molecule has 1 aliphatic heterocycles. The summed E-state index contributed by atoms with van der Waals surface area (Å²) < 4.78 is 31.6. The van der Waals surface area contributed by atoms with E-state index < -0.39 is 11.6 Å². The van der Waals surface area contributed by atoms with E-state index in [-0.39, 0.29) is 12.4 Å². The Balaban J connectivity index is 1.69. The summed E-state index contributed by atoms with van der Waals surface area (Å²) in [5.41, 5.74) is 0. The van der Waals surface area contributed by atoms with Gasteiger partial charge in [-0.3, -0.25) is 4.99 Å². The van der Waals surface area contributed by atoms with Gasteiger partial charge in [-0.1, -0.05) is 0 Å². The van der Waals surface area contributed by atoms with E-state index in [9.17, 15) is 8.78 Å². The van der Waals surface area contributed by atoms with Crippen molar-refractivity contribution in [3.63, 3.8) is 0 Å². The third kappa shape index (κ3) is 6.16. The molecule has 2 rings (SSSR count). The van der Waals surface area contributed by atoms with E-state index >= 15 is 0 Å². The van der Waals surface area contributed by atoms with Crippen LogP contribution in [-0.4, -0.2) is 56.2 Å². The standard InChI is InChI=1S/C18H28F2N4O/c1-13(2)24-9-6-15(7-10-24)23-18(21-3)22-8-11-25-17-5-4-14(19)12-16(17)20/h4-5,12-13,15H,6-11H2,1-3H3,(H2,21,22,23). The van der Waals surface area contributed by atoms with Gasteiger partial charge in [-0.2, -0.15) is 0 Å². The van der Waals surface area contributed by atoms with E-state index in [4.69, 9.17) is 4.74 Å². The normalized spacial score (nSPS) is 17.0. The zero-order valence-corrected chi connectivity index (χ0v) is 15.2. The van der Waals surface area contributed by atoms with Crippen molar-refractivity contribution >= 4 is 5.96 Å². The lowest BCUT2D eigenvalue weighted by atomic mass is 10.0. The Morgan fingerprint density at radius 3 is 2.64 bits per heavy atom. The molecule has 0 unspecified atom stereocenters. The van der Waals surface area contributed by atoms with Gasteiger partial charge >= 0.3 is 0 Å². The highest BCUT2D eigenvalue weighted by Crippen LogP contribution is 2.17. The third-order valence-electron chi connectivity index (χ3n) is 4.37. The number of hydrogen-bond acceptors (Lipinski definition) is 3. The Bertz CT molecular complexity index is 572. The van der Waals surface area contributed by atoms with Crippen molar-refractivity contribution in [2.75, 3.05) is 33.3 Å². The number of halogens is 2. The molecular formula is C18H28F2N4O. The molecule has 0 atom stereocenters. The van der Waals surface area contributed by atoms with Crippen LogP contribution in [0.15, 0.2) is 23.2 Å². The van der Waals surface area contributed by atoms with Crippen LogP contribution in [0, 0.1) is 11.6 Å². The Kier molecular flexibility index (Phi) is 7.43. The lowest BCUT2D eigenvalue weighted by Gasteiger charge is -2.35. The fraction of sp³-hybridized carbons (Fsp3) is 0.611. The van der Waals surface area contributed by atoms with Gasteiger partial charge in [0.1, 0.15) is 12.4 Å². The van der Waals surface area contributed by atoms with Gasteiger partial charge in [-0.05, 0) is 38.8 Å². The first kappa shape index (κ1) is 19.4. The van der Waals surface area contributed by atoms with E-state index in [2.05, 4.69) is 34.4 Å². The molecule has 1 heterocycles. The number of rotatable bonds is 6. The molecule has 0 saturated carbocycles. The van der Waals surface area contributed by atoms with Gasteiger partial charge in [-0.15, -0.1) is 0 Å². The van der Waals surface area contributed by atoms with E-state index in [1.54, 1.807) is 7.05 Å². The summed E-state index contributed by atoms with van der Waals surface area (Å²) in [5.74, 6) is -0.547. The van der Waals surface area contributed by atoms with Crippen molar-refractivity contribution in [2.24, 2.45) is 4.99 Å². The first-order valence-electron chi connectivity index (χ1n) is 8.78. The minimum absolute atomic E-state index is 0.0483. The number of guanidine groups is 1. The maximum atomic E-state index is 13.5. The Morgan fingerprint density at radius 1 is 1.32 bits per heavy atom. The Hall–Kier alpha value is -1.89. The van der Waals surface area contributed by atoms with E-state index in [1.165, 1.54) is 12.1 Å². The molecule has 0 bridgehead atoms. The first-order valence-corrected chi connectivity index (χ1v) is 8.78. The van der Waals surface area contributed by atoms with E-state index in [0.29, 0.717) is 24.6 Å². The molecule has 0 aliphatic carbocycles. The highest BCUT2D eigenvalue weighted by molar-refractivity contribution is 5.79. The smallest absolute Gasteiger partial charge is 0.191 e. The van der Waals surface area contributed by atoms with Crippen LogP contribution < -0.4 is 15.4 Å². The maximum absolute atomic E-state index is 13.5. The van der Waals surface area contributed by atoms with Crippen LogP contribution in [0.25, 0.3) is 0 Å². The fourth-order valence-electron chi connectivity index (χ4n) is 2.87. The van der Waals surface area contributed by atoms with Crippen LogP contribution in [0.1, 0.15) is 26.7 Å². The summed E-state index contributed by atoms with van der Waals surface area (Å²) in [6.07, 6.45) is 2.16. The van der Waals surface area contributed by atoms with Crippen LogP contribution in [-0.2, 0) is 0 Å². The number of nitrogens with zero attached hydrogens (tertiary/aromatic N) is 2. The van der Waals surface area contributed by atoms with Gasteiger partial charge in [0.2, 0.25) is 0 Å². The second kappa shape index (κ2) is 9.56. The molecule has 1 saturated heterocycles. The summed E-state index contributed by atoms with van der Waals surface area (Å²) in [5, 5.41) is 6.57. The third-order valence-corrected chi connectivity index (χ3v) is 4.37. The number of likely N-dealkylation sites (tertiary alicyclic amines) is 1. The second-order valence-corrected chi connectivity index (χ2v) is 6.47. The SMILES string of the molecule is CN=C(NCCOc1ccc(F)cc1F)NC1CCN(C(C)C)CC1.